The summed E-state index contributed by atoms with van der Waals surface area (Å²) in [6.07, 6.45) is 0.869. The number of aryl methyl sites for hydroxylation is 1. The number of amides is 1. The third-order valence-electron chi connectivity index (χ3n) is 3.30. The highest BCUT2D eigenvalue weighted by Gasteiger charge is 2.14. The van der Waals surface area contributed by atoms with E-state index in [4.69, 9.17) is 4.74 Å². The molecule has 1 aromatic heterocycles. The Balaban J connectivity index is 2.29. The van der Waals surface area contributed by atoms with Gasteiger partial charge in [0.15, 0.2) is 0 Å². The van der Waals surface area contributed by atoms with Gasteiger partial charge in [-0.15, -0.1) is 0 Å². The van der Waals surface area contributed by atoms with Crippen LogP contribution in [0.5, 0.6) is 0 Å². The van der Waals surface area contributed by atoms with Crippen LogP contribution in [0.1, 0.15) is 13.3 Å². The normalized spacial score (nSPS) is 11.0. The summed E-state index contributed by atoms with van der Waals surface area (Å²) in [6, 6.07) is 7.55. The molecule has 0 atom stereocenters. The Bertz CT molecular complexity index is 672. The summed E-state index contributed by atoms with van der Waals surface area (Å²) >= 11 is 0. The number of ether oxygens (including phenoxy) is 1. The van der Waals surface area contributed by atoms with E-state index in [0.717, 1.165) is 17.5 Å². The molecule has 1 aromatic carbocycles. The van der Waals surface area contributed by atoms with Crippen LogP contribution < -0.4 is 11.0 Å². The molecule has 0 bridgehead atoms. The molecule has 21 heavy (non-hydrogen) atoms. The summed E-state index contributed by atoms with van der Waals surface area (Å²) in [4.78, 5) is 24.4. The molecule has 0 spiro atoms. The van der Waals surface area contributed by atoms with Crippen molar-refractivity contribution in [2.24, 2.45) is 0 Å². The molecule has 2 aromatic rings. The van der Waals surface area contributed by atoms with Crippen molar-refractivity contribution in [3.63, 3.8) is 0 Å². The lowest BCUT2D eigenvalue weighted by molar-refractivity contribution is -0.121. The van der Waals surface area contributed by atoms with Crippen molar-refractivity contribution in [1.29, 1.82) is 0 Å². The number of benzene rings is 1. The largest absolute Gasteiger partial charge is 0.383 e. The highest BCUT2D eigenvalue weighted by atomic mass is 16.5. The predicted octanol–water partition coefficient (Wildman–Crippen LogP) is 0.976. The zero-order valence-corrected chi connectivity index (χ0v) is 12.5. The van der Waals surface area contributed by atoms with Crippen molar-refractivity contribution < 1.29 is 9.53 Å². The van der Waals surface area contributed by atoms with Gasteiger partial charge < -0.3 is 10.1 Å². The fraction of sp³-hybridized carbons (Fsp3) is 0.467. The number of carbonyl (C=O) groups is 1. The lowest BCUT2D eigenvalue weighted by atomic mass is 10.3. The number of methoxy groups -OCH3 is 1. The van der Waals surface area contributed by atoms with E-state index in [1.165, 1.54) is 4.57 Å². The molecular formula is C15H21N3O3. The minimum Gasteiger partial charge on any atom is -0.383 e. The van der Waals surface area contributed by atoms with Gasteiger partial charge in [-0.2, -0.15) is 0 Å². The van der Waals surface area contributed by atoms with Crippen LogP contribution in [0.15, 0.2) is 29.1 Å². The van der Waals surface area contributed by atoms with Crippen molar-refractivity contribution in [2.45, 2.75) is 26.4 Å². The molecule has 0 aliphatic carbocycles. The number of hydrogen-bond acceptors (Lipinski definition) is 3. The second-order valence-electron chi connectivity index (χ2n) is 4.85. The van der Waals surface area contributed by atoms with Gasteiger partial charge >= 0.3 is 5.69 Å². The maximum atomic E-state index is 12.5. The number of aromatic nitrogens is 2. The molecule has 6 nitrogen and oxygen atoms in total. The number of nitrogens with zero attached hydrogens (tertiary/aromatic N) is 2. The van der Waals surface area contributed by atoms with Gasteiger partial charge in [0.2, 0.25) is 5.91 Å². The molecular weight excluding hydrogens is 270 g/mol. The van der Waals surface area contributed by atoms with Crippen LogP contribution in [-0.4, -0.2) is 35.3 Å². The third-order valence-corrected chi connectivity index (χ3v) is 3.30. The molecule has 6 heteroatoms. The van der Waals surface area contributed by atoms with Crippen molar-refractivity contribution in [2.75, 3.05) is 20.3 Å². The van der Waals surface area contributed by atoms with Crippen molar-refractivity contribution in [3.05, 3.63) is 34.7 Å². The lowest BCUT2D eigenvalue weighted by Crippen LogP contribution is -2.34. The molecule has 114 valence electrons. The van der Waals surface area contributed by atoms with E-state index in [0.29, 0.717) is 19.7 Å². The van der Waals surface area contributed by atoms with Crippen LogP contribution in [0.25, 0.3) is 11.0 Å². The molecule has 1 N–H and O–H groups in total. The molecule has 0 unspecified atom stereocenters. The predicted molar refractivity (Wildman–Crippen MR) is 81.4 cm³/mol. The quantitative estimate of drug-likeness (QED) is 0.773. The smallest absolute Gasteiger partial charge is 0.329 e. The first-order chi connectivity index (χ1) is 10.2. The summed E-state index contributed by atoms with van der Waals surface area (Å²) in [5.41, 5.74) is 1.52. The number of nitrogens with one attached hydrogen (secondary N) is 1. The lowest BCUT2D eigenvalue weighted by Gasteiger charge is -2.05. The maximum absolute atomic E-state index is 12.5. The number of rotatable bonds is 7. The Morgan fingerprint density at radius 2 is 1.90 bits per heavy atom. The Labute approximate surface area is 123 Å². The van der Waals surface area contributed by atoms with E-state index in [2.05, 4.69) is 5.32 Å². The Kier molecular flexibility index (Phi) is 5.16. The first-order valence-electron chi connectivity index (χ1n) is 7.12. The molecule has 0 saturated heterocycles. The van der Waals surface area contributed by atoms with Crippen LogP contribution in [0.4, 0.5) is 0 Å². The van der Waals surface area contributed by atoms with Crippen molar-refractivity contribution >= 4 is 16.9 Å². The molecule has 0 fully saturated rings. The average molecular weight is 291 g/mol. The van der Waals surface area contributed by atoms with Gasteiger partial charge in [0, 0.05) is 20.2 Å². The van der Waals surface area contributed by atoms with Crippen molar-refractivity contribution in [1.82, 2.24) is 14.5 Å². The van der Waals surface area contributed by atoms with E-state index < -0.39 is 0 Å². The first-order valence-corrected chi connectivity index (χ1v) is 7.12. The topological polar surface area (TPSA) is 65.3 Å². The van der Waals surface area contributed by atoms with Gasteiger partial charge in [-0.1, -0.05) is 19.1 Å². The van der Waals surface area contributed by atoms with E-state index >= 15 is 0 Å². The monoisotopic (exact) mass is 291 g/mol. The second kappa shape index (κ2) is 7.08. The molecule has 1 amide bonds. The Hall–Kier alpha value is -2.08. The van der Waals surface area contributed by atoms with Gasteiger partial charge in [0.25, 0.3) is 0 Å². The Morgan fingerprint density at radius 1 is 1.24 bits per heavy atom. The Morgan fingerprint density at radius 3 is 2.52 bits per heavy atom. The van der Waals surface area contributed by atoms with Crippen LogP contribution in [0.3, 0.4) is 0 Å². The van der Waals surface area contributed by atoms with Crippen LogP contribution >= 0.6 is 0 Å². The molecule has 0 aliphatic heterocycles. The number of imidazole rings is 1. The molecule has 0 aliphatic rings. The molecule has 1 heterocycles. The first kappa shape index (κ1) is 15.3. The standard InChI is InChI=1S/C15H21N3O3/c1-3-9-17-12-6-4-5-7-13(12)18(15(17)20)11-14(19)16-8-10-21-2/h4-7H,3,8-11H2,1-2H3,(H,16,19). The third kappa shape index (κ3) is 3.33. The molecule has 2 rings (SSSR count). The highest BCUT2D eigenvalue weighted by molar-refractivity contribution is 5.80. The summed E-state index contributed by atoms with van der Waals surface area (Å²) in [6.45, 7) is 3.60. The van der Waals surface area contributed by atoms with Crippen LogP contribution in [0.2, 0.25) is 0 Å². The average Bonchev–Trinajstić information content (AvgIpc) is 2.74. The zero-order chi connectivity index (χ0) is 15.2. The highest BCUT2D eigenvalue weighted by Crippen LogP contribution is 2.12. The van der Waals surface area contributed by atoms with Gasteiger partial charge in [0.05, 0.1) is 17.6 Å². The van der Waals surface area contributed by atoms with E-state index in [1.807, 2.05) is 31.2 Å². The summed E-state index contributed by atoms with van der Waals surface area (Å²) < 4.78 is 8.13. The van der Waals surface area contributed by atoms with Gasteiger partial charge in [-0.05, 0) is 18.6 Å². The molecule has 0 radical (unpaired) electrons. The van der Waals surface area contributed by atoms with Gasteiger partial charge in [0.1, 0.15) is 6.54 Å². The van der Waals surface area contributed by atoms with Gasteiger partial charge in [-0.25, -0.2) is 4.79 Å². The number of para-hydroxylation sites is 2. The number of hydrogen-bond donors (Lipinski definition) is 1. The molecule has 0 saturated carbocycles. The fourth-order valence-electron chi connectivity index (χ4n) is 2.36. The maximum Gasteiger partial charge on any atom is 0.329 e. The second-order valence-corrected chi connectivity index (χ2v) is 4.85. The summed E-state index contributed by atoms with van der Waals surface area (Å²) in [5, 5.41) is 2.73. The van der Waals surface area contributed by atoms with Crippen molar-refractivity contribution in [3.8, 4) is 0 Å². The minimum absolute atomic E-state index is 0.0276. The zero-order valence-electron chi connectivity index (χ0n) is 12.5. The number of fused-ring (bicyclic) bond motifs is 1. The van der Waals surface area contributed by atoms with E-state index in [1.54, 1.807) is 11.7 Å². The van der Waals surface area contributed by atoms with Crippen LogP contribution in [-0.2, 0) is 22.6 Å². The van der Waals surface area contributed by atoms with Crippen LogP contribution in [0, 0.1) is 0 Å². The number of carbonyl (C=O) groups excluding carboxylic acids is 1. The summed E-state index contributed by atoms with van der Waals surface area (Å²) in [5.74, 6) is -0.187. The minimum atomic E-state index is -0.187. The van der Waals surface area contributed by atoms with E-state index in [-0.39, 0.29) is 18.1 Å². The fourth-order valence-corrected chi connectivity index (χ4v) is 2.36. The summed E-state index contributed by atoms with van der Waals surface area (Å²) in [7, 11) is 1.58. The SMILES string of the molecule is CCCn1c(=O)n(CC(=O)NCCOC)c2ccccc21. The van der Waals surface area contributed by atoms with E-state index in [9.17, 15) is 9.59 Å². The van der Waals surface area contributed by atoms with Gasteiger partial charge in [-0.3, -0.25) is 13.9 Å².